The molecule has 0 rings (SSSR count). The summed E-state index contributed by atoms with van der Waals surface area (Å²) in [5.74, 6) is 0. The molecule has 0 bridgehead atoms. The zero-order valence-corrected chi connectivity index (χ0v) is 4.86. The van der Waals surface area contributed by atoms with E-state index in [4.69, 9.17) is 13.7 Å². The Bertz CT molecular complexity index is 391. The first kappa shape index (κ1) is 1.51. The van der Waals surface area contributed by atoms with Crippen molar-refractivity contribution >= 4 is 6.08 Å². The summed E-state index contributed by atoms with van der Waals surface area (Å²) in [6, 6.07) is 0. The minimum absolute atomic E-state index is 0.708. The first-order chi connectivity index (χ1) is 8.06. The molecule has 0 atom stereocenters. The fourth-order valence-electron chi connectivity index (χ4n) is 0.172. The van der Waals surface area contributed by atoms with Crippen molar-refractivity contribution in [3.63, 3.8) is 0 Å². The van der Waals surface area contributed by atoms with Crippen LogP contribution in [0.5, 0.6) is 0 Å². The summed E-state index contributed by atoms with van der Waals surface area (Å²) in [5, 5.41) is 0. The molecule has 0 spiro atoms. The quantitative estimate of drug-likeness (QED) is 0.420. The van der Waals surface area contributed by atoms with Crippen molar-refractivity contribution in [2.45, 2.75) is 32.4 Å². The van der Waals surface area contributed by atoms with Crippen LogP contribution in [0.2, 0.25) is 0 Å². The van der Waals surface area contributed by atoms with E-state index in [0.29, 0.717) is 6.92 Å². The Labute approximate surface area is 70.0 Å². The van der Waals surface area contributed by atoms with E-state index in [1.807, 2.05) is 0 Å². The summed E-state index contributed by atoms with van der Waals surface area (Å²) in [6.45, 7) is -2.68. The number of isocyanates is 1. The Morgan fingerprint density at radius 2 is 2.33 bits per heavy atom. The summed E-state index contributed by atoms with van der Waals surface area (Å²) >= 11 is 0. The van der Waals surface area contributed by atoms with E-state index in [0.717, 1.165) is 6.08 Å². The molecule has 0 aliphatic carbocycles. The van der Waals surface area contributed by atoms with Crippen LogP contribution in [-0.2, 0) is 4.79 Å². The molecule has 0 aromatic carbocycles. The molecular weight excluding hydrogens is 114 g/mol. The molecule has 0 unspecified atom stereocenters. The monoisotopic (exact) mass is 137 g/mol. The number of hydrogen-bond acceptors (Lipinski definition) is 2. The van der Waals surface area contributed by atoms with Gasteiger partial charge in [0.05, 0.1) is 9.24 Å². The third kappa shape index (κ3) is 7.38. The lowest BCUT2D eigenvalue weighted by Crippen LogP contribution is -1.79. The molecule has 2 heteroatoms. The maximum absolute atomic E-state index is 10.1. The molecule has 0 aliphatic heterocycles. The van der Waals surface area contributed by atoms with Gasteiger partial charge in [0.2, 0.25) is 6.08 Å². The molecule has 0 aliphatic rings. The Morgan fingerprint density at radius 1 is 1.56 bits per heavy atom. The van der Waals surface area contributed by atoms with Gasteiger partial charge in [-0.25, -0.2) is 9.79 Å². The molecule has 0 amide bonds. The van der Waals surface area contributed by atoms with Crippen LogP contribution in [0.15, 0.2) is 4.99 Å². The van der Waals surface area contributed by atoms with Crippen LogP contribution in [0, 0.1) is 0 Å². The largest absolute Gasteiger partial charge is 0.234 e. The lowest BCUT2D eigenvalue weighted by atomic mass is 10.2. The molecule has 0 saturated carbocycles. The summed E-state index contributed by atoms with van der Waals surface area (Å²) in [4.78, 5) is 12.6. The van der Waals surface area contributed by atoms with Gasteiger partial charge in [-0.3, -0.25) is 0 Å². The average Bonchev–Trinajstić information content (AvgIpc) is 2.14. The predicted molar refractivity (Wildman–Crippen MR) is 37.1 cm³/mol. The molecule has 52 valence electrons. The van der Waals surface area contributed by atoms with Gasteiger partial charge in [-0.1, -0.05) is 26.0 Å². The van der Waals surface area contributed by atoms with Crippen molar-refractivity contribution in [2.75, 3.05) is 6.50 Å². The Kier molecular flexibility index (Phi) is 1.24. The van der Waals surface area contributed by atoms with E-state index in [1.165, 1.54) is 0 Å². The first-order valence-corrected chi connectivity index (χ1v) is 2.15. The minimum atomic E-state index is -3.60. The third-order valence-corrected chi connectivity index (χ3v) is 0.407. The molecule has 9 heavy (non-hydrogen) atoms. The topological polar surface area (TPSA) is 29.4 Å². The molecule has 0 aromatic heterocycles. The van der Waals surface area contributed by atoms with Crippen LogP contribution < -0.4 is 0 Å². The summed E-state index contributed by atoms with van der Waals surface area (Å²) in [6.07, 6.45) is -12.6. The van der Waals surface area contributed by atoms with Gasteiger partial charge in [0, 0.05) is 11.0 Å². The summed E-state index contributed by atoms with van der Waals surface area (Å²) in [5.41, 5.74) is 0. The van der Waals surface area contributed by atoms with Crippen LogP contribution in [0.25, 0.3) is 0 Å². The van der Waals surface area contributed by atoms with Gasteiger partial charge in [-0.2, -0.15) is 0 Å². The van der Waals surface area contributed by atoms with Gasteiger partial charge in [0.1, 0.15) is 0 Å². The zero-order chi connectivity index (χ0) is 15.9. The molecular formula is C7H13NO. The van der Waals surface area contributed by atoms with Gasteiger partial charge >= 0.3 is 0 Å². The highest BCUT2D eigenvalue weighted by Gasteiger charge is 1.83. The maximum atomic E-state index is 10.1. The van der Waals surface area contributed by atoms with Gasteiger partial charge < -0.3 is 0 Å². The predicted octanol–water partition coefficient (Wildman–Crippen LogP) is 1.90. The van der Waals surface area contributed by atoms with Crippen molar-refractivity contribution in [1.82, 2.24) is 0 Å². The van der Waals surface area contributed by atoms with E-state index in [-0.39, 0.29) is 0 Å². The second-order valence-electron chi connectivity index (χ2n) is 0.940. The normalized spacial score (nSPS) is 33.0. The number of aliphatic imine (C=N–C) groups is 1. The molecule has 0 aromatic rings. The fourth-order valence-corrected chi connectivity index (χ4v) is 0.172. The van der Waals surface area contributed by atoms with Crippen molar-refractivity contribution < 1.29 is 18.5 Å². The van der Waals surface area contributed by atoms with E-state index in [9.17, 15) is 4.79 Å². The van der Waals surface area contributed by atoms with Gasteiger partial charge in [0.25, 0.3) is 0 Å². The van der Waals surface area contributed by atoms with Crippen molar-refractivity contribution in [1.29, 1.82) is 0 Å². The highest BCUT2D eigenvalue weighted by Crippen LogP contribution is 1.97. The number of hydrogen-bond donors (Lipinski definition) is 0. The van der Waals surface area contributed by atoms with Gasteiger partial charge in [-0.15, -0.1) is 0 Å². The molecule has 0 heterocycles. The van der Waals surface area contributed by atoms with Gasteiger partial charge in [-0.05, 0) is 6.37 Å². The lowest BCUT2D eigenvalue weighted by Gasteiger charge is -1.90. The third-order valence-electron chi connectivity index (χ3n) is 0.407. The highest BCUT2D eigenvalue weighted by atomic mass is 16.1. The van der Waals surface area contributed by atoms with Crippen molar-refractivity contribution in [2.24, 2.45) is 4.99 Å². The Hall–Kier alpha value is -0.620. The fraction of sp³-hybridized carbons (Fsp3) is 0.857. The smallest absolute Gasteiger partial charge is 0.211 e. The second kappa shape index (κ2) is 7.38. The van der Waals surface area contributed by atoms with Crippen LogP contribution in [0.1, 0.15) is 46.1 Å². The number of carbonyl (C=O) groups excluding carboxylic acids is 1. The van der Waals surface area contributed by atoms with Crippen molar-refractivity contribution in [3.8, 4) is 0 Å². The van der Waals surface area contributed by atoms with Crippen LogP contribution in [0.3, 0.4) is 0 Å². The van der Waals surface area contributed by atoms with Crippen molar-refractivity contribution in [3.05, 3.63) is 0 Å². The minimum Gasteiger partial charge on any atom is -0.211 e. The maximum Gasteiger partial charge on any atom is 0.234 e. The van der Waals surface area contributed by atoms with E-state index in [2.05, 4.69) is 4.99 Å². The highest BCUT2D eigenvalue weighted by molar-refractivity contribution is 5.32. The van der Waals surface area contributed by atoms with Crippen LogP contribution >= 0.6 is 0 Å². The van der Waals surface area contributed by atoms with Crippen LogP contribution in [-0.4, -0.2) is 12.6 Å². The SMILES string of the molecule is [2H]C([2H])(C)C([2H])([2H])C([2H])([2H])C([2H])([2H])C([2H])([2H])N=C=O. The van der Waals surface area contributed by atoms with E-state index < -0.39 is 32.0 Å². The standard InChI is InChI=1S/C7H13NO/c1-2-3-4-5-6-8-7-9/h2-6H2,1H3/i2D2,3D2,4D2,5D2,6D2. The molecule has 0 N–H and O–H groups in total. The van der Waals surface area contributed by atoms with Gasteiger partial charge in [0.15, 0.2) is 0 Å². The molecule has 0 saturated heterocycles. The van der Waals surface area contributed by atoms with E-state index >= 15 is 0 Å². The lowest BCUT2D eigenvalue weighted by molar-refractivity contribution is 0.561. The summed E-state index contributed by atoms with van der Waals surface area (Å²) in [7, 11) is 0. The summed E-state index contributed by atoms with van der Waals surface area (Å²) < 4.78 is 73.5. The number of nitrogens with zero attached hydrogens (tertiary/aromatic N) is 1. The average molecular weight is 137 g/mol. The first-order valence-electron chi connectivity index (χ1n) is 7.15. The molecule has 0 fully saturated rings. The zero-order valence-electron chi connectivity index (χ0n) is 14.9. The van der Waals surface area contributed by atoms with E-state index in [1.54, 1.807) is 0 Å². The molecule has 0 radical (unpaired) electrons. The van der Waals surface area contributed by atoms with Crippen LogP contribution in [0.4, 0.5) is 0 Å². The Balaban J connectivity index is 5.98. The second-order valence-corrected chi connectivity index (χ2v) is 0.940. The number of rotatable bonds is 5. The Morgan fingerprint density at radius 3 is 2.89 bits per heavy atom. The molecule has 2 nitrogen and oxygen atoms in total.